The SMILES string of the molecule is CC(CCNC(=O)C=Cc1ccccc1Cl)CCC(=O)O. The number of carbonyl (C=O) groups excluding carboxylic acids is 1. The number of aliphatic carboxylic acids is 1. The largest absolute Gasteiger partial charge is 0.481 e. The maximum Gasteiger partial charge on any atom is 0.303 e. The van der Waals surface area contributed by atoms with Gasteiger partial charge in [-0.05, 0) is 36.5 Å². The van der Waals surface area contributed by atoms with E-state index in [9.17, 15) is 9.59 Å². The molecule has 1 aromatic rings. The van der Waals surface area contributed by atoms with Crippen LogP contribution in [0.4, 0.5) is 0 Å². The molecule has 1 amide bonds. The summed E-state index contributed by atoms with van der Waals surface area (Å²) >= 11 is 5.98. The highest BCUT2D eigenvalue weighted by Gasteiger charge is 2.05. The molecule has 0 radical (unpaired) electrons. The Morgan fingerprint density at radius 2 is 2.05 bits per heavy atom. The third-order valence-corrected chi connectivity index (χ3v) is 3.45. The van der Waals surface area contributed by atoms with E-state index < -0.39 is 5.97 Å². The lowest BCUT2D eigenvalue weighted by Gasteiger charge is -2.09. The van der Waals surface area contributed by atoms with Crippen LogP contribution >= 0.6 is 11.6 Å². The molecule has 1 aromatic carbocycles. The summed E-state index contributed by atoms with van der Waals surface area (Å²) in [6, 6.07) is 7.29. The fraction of sp³-hybridized carbons (Fsp3) is 0.375. The number of rotatable bonds is 8. The van der Waals surface area contributed by atoms with Crippen molar-refractivity contribution in [1.82, 2.24) is 5.32 Å². The normalized spacial score (nSPS) is 12.3. The van der Waals surface area contributed by atoms with Gasteiger partial charge in [-0.15, -0.1) is 0 Å². The summed E-state index contributed by atoms with van der Waals surface area (Å²) in [5, 5.41) is 12.0. The van der Waals surface area contributed by atoms with Gasteiger partial charge in [0.2, 0.25) is 5.91 Å². The second-order valence-corrected chi connectivity index (χ2v) is 5.38. The van der Waals surface area contributed by atoms with Crippen molar-refractivity contribution >= 4 is 29.6 Å². The average molecular weight is 310 g/mol. The quantitative estimate of drug-likeness (QED) is 0.724. The van der Waals surface area contributed by atoms with E-state index >= 15 is 0 Å². The van der Waals surface area contributed by atoms with Gasteiger partial charge in [-0.2, -0.15) is 0 Å². The van der Waals surface area contributed by atoms with Crippen LogP contribution in [0.5, 0.6) is 0 Å². The van der Waals surface area contributed by atoms with E-state index in [1.165, 1.54) is 6.08 Å². The van der Waals surface area contributed by atoms with E-state index in [1.54, 1.807) is 12.1 Å². The standard InChI is InChI=1S/C16H20ClNO3/c1-12(6-9-16(20)21)10-11-18-15(19)8-7-13-4-2-3-5-14(13)17/h2-5,7-8,12H,6,9-11H2,1H3,(H,18,19)(H,20,21). The molecular formula is C16H20ClNO3. The molecule has 4 nitrogen and oxygen atoms in total. The van der Waals surface area contributed by atoms with Gasteiger partial charge in [0.05, 0.1) is 0 Å². The molecule has 0 aliphatic rings. The minimum absolute atomic E-state index is 0.168. The fourth-order valence-corrected chi connectivity index (χ4v) is 1.99. The van der Waals surface area contributed by atoms with Crippen LogP contribution in [0.2, 0.25) is 5.02 Å². The first-order valence-corrected chi connectivity index (χ1v) is 7.29. The summed E-state index contributed by atoms with van der Waals surface area (Å²) in [7, 11) is 0. The number of hydrogen-bond acceptors (Lipinski definition) is 2. The Morgan fingerprint density at radius 3 is 2.71 bits per heavy atom. The van der Waals surface area contributed by atoms with Gasteiger partial charge in [0.15, 0.2) is 0 Å². The minimum Gasteiger partial charge on any atom is -0.481 e. The molecule has 21 heavy (non-hydrogen) atoms. The van der Waals surface area contributed by atoms with Crippen LogP contribution in [-0.4, -0.2) is 23.5 Å². The van der Waals surface area contributed by atoms with Crippen molar-refractivity contribution in [2.45, 2.75) is 26.2 Å². The lowest BCUT2D eigenvalue weighted by Crippen LogP contribution is -2.23. The summed E-state index contributed by atoms with van der Waals surface area (Å²) in [6.45, 7) is 2.52. The monoisotopic (exact) mass is 309 g/mol. The highest BCUT2D eigenvalue weighted by atomic mass is 35.5. The molecule has 1 unspecified atom stereocenters. The smallest absolute Gasteiger partial charge is 0.303 e. The number of halogens is 1. The van der Waals surface area contributed by atoms with E-state index in [4.69, 9.17) is 16.7 Å². The third-order valence-electron chi connectivity index (χ3n) is 3.11. The molecule has 0 aliphatic carbocycles. The first-order valence-electron chi connectivity index (χ1n) is 6.91. The zero-order chi connectivity index (χ0) is 15.7. The Hall–Kier alpha value is -1.81. The number of benzene rings is 1. The summed E-state index contributed by atoms with van der Waals surface area (Å²) in [4.78, 5) is 22.1. The Kier molecular flexibility index (Phi) is 7.54. The predicted octanol–water partition coefficient (Wildman–Crippen LogP) is 3.36. The number of hydrogen-bond donors (Lipinski definition) is 2. The van der Waals surface area contributed by atoms with Crippen molar-refractivity contribution in [2.24, 2.45) is 5.92 Å². The van der Waals surface area contributed by atoms with Crippen molar-refractivity contribution in [3.8, 4) is 0 Å². The molecule has 1 rings (SSSR count). The lowest BCUT2D eigenvalue weighted by atomic mass is 10.0. The van der Waals surface area contributed by atoms with Crippen LogP contribution in [0.15, 0.2) is 30.3 Å². The molecule has 5 heteroatoms. The van der Waals surface area contributed by atoms with E-state index in [0.717, 1.165) is 12.0 Å². The Labute approximate surface area is 129 Å². The van der Waals surface area contributed by atoms with Crippen LogP contribution in [0.3, 0.4) is 0 Å². The van der Waals surface area contributed by atoms with Crippen LogP contribution in [-0.2, 0) is 9.59 Å². The Bertz CT molecular complexity index is 514. The van der Waals surface area contributed by atoms with Crippen LogP contribution < -0.4 is 5.32 Å². The molecule has 0 aromatic heterocycles. The van der Waals surface area contributed by atoms with Gasteiger partial charge in [0.1, 0.15) is 0 Å². The van der Waals surface area contributed by atoms with E-state index in [1.807, 2.05) is 25.1 Å². The molecule has 0 bridgehead atoms. The topological polar surface area (TPSA) is 66.4 Å². The first-order chi connectivity index (χ1) is 9.99. The molecule has 0 saturated carbocycles. The second-order valence-electron chi connectivity index (χ2n) is 4.97. The predicted molar refractivity (Wildman–Crippen MR) is 84.1 cm³/mol. The number of nitrogens with one attached hydrogen (secondary N) is 1. The van der Waals surface area contributed by atoms with Crippen LogP contribution in [0, 0.1) is 5.92 Å². The van der Waals surface area contributed by atoms with Gasteiger partial charge in [-0.3, -0.25) is 9.59 Å². The van der Waals surface area contributed by atoms with Gasteiger partial charge in [-0.25, -0.2) is 0 Å². The molecule has 114 valence electrons. The van der Waals surface area contributed by atoms with Gasteiger partial charge >= 0.3 is 5.97 Å². The highest BCUT2D eigenvalue weighted by Crippen LogP contribution is 2.16. The zero-order valence-electron chi connectivity index (χ0n) is 12.0. The van der Waals surface area contributed by atoms with Crippen molar-refractivity contribution in [3.63, 3.8) is 0 Å². The molecule has 0 saturated heterocycles. The molecule has 0 aliphatic heterocycles. The summed E-state index contributed by atoms with van der Waals surface area (Å²) in [5.74, 6) is -0.692. The highest BCUT2D eigenvalue weighted by molar-refractivity contribution is 6.32. The van der Waals surface area contributed by atoms with Crippen LogP contribution in [0.1, 0.15) is 31.7 Å². The molecular weight excluding hydrogens is 290 g/mol. The minimum atomic E-state index is -0.784. The summed E-state index contributed by atoms with van der Waals surface area (Å²) < 4.78 is 0. The van der Waals surface area contributed by atoms with Crippen molar-refractivity contribution in [1.29, 1.82) is 0 Å². The summed E-state index contributed by atoms with van der Waals surface area (Å²) in [6.07, 6.45) is 4.68. The number of carbonyl (C=O) groups is 2. The Morgan fingerprint density at radius 1 is 1.33 bits per heavy atom. The van der Waals surface area contributed by atoms with Gasteiger partial charge in [0.25, 0.3) is 0 Å². The number of amides is 1. The third kappa shape index (κ3) is 7.51. The fourth-order valence-electron chi connectivity index (χ4n) is 1.79. The molecule has 0 spiro atoms. The first kappa shape index (κ1) is 17.2. The zero-order valence-corrected chi connectivity index (χ0v) is 12.8. The average Bonchev–Trinajstić information content (AvgIpc) is 2.44. The summed E-state index contributed by atoms with van der Waals surface area (Å²) in [5.41, 5.74) is 0.796. The van der Waals surface area contributed by atoms with Crippen LogP contribution in [0.25, 0.3) is 6.08 Å². The maximum absolute atomic E-state index is 11.6. The molecule has 0 fully saturated rings. The number of carboxylic acids is 1. The van der Waals surface area contributed by atoms with Gasteiger partial charge in [-0.1, -0.05) is 36.7 Å². The molecule has 0 heterocycles. The van der Waals surface area contributed by atoms with E-state index in [0.29, 0.717) is 18.0 Å². The lowest BCUT2D eigenvalue weighted by molar-refractivity contribution is -0.137. The van der Waals surface area contributed by atoms with Crippen molar-refractivity contribution in [3.05, 3.63) is 40.9 Å². The van der Waals surface area contributed by atoms with Gasteiger partial charge in [0, 0.05) is 24.1 Å². The van der Waals surface area contributed by atoms with E-state index in [2.05, 4.69) is 5.32 Å². The molecule has 2 N–H and O–H groups in total. The number of carboxylic acid groups (broad SMARTS) is 1. The van der Waals surface area contributed by atoms with Crippen molar-refractivity contribution in [2.75, 3.05) is 6.54 Å². The maximum atomic E-state index is 11.6. The van der Waals surface area contributed by atoms with E-state index in [-0.39, 0.29) is 18.2 Å². The second kappa shape index (κ2) is 9.19. The van der Waals surface area contributed by atoms with Gasteiger partial charge < -0.3 is 10.4 Å². The van der Waals surface area contributed by atoms with Crippen molar-refractivity contribution < 1.29 is 14.7 Å². The molecule has 1 atom stereocenters. The Balaban J connectivity index is 2.28.